The molecule has 190 valence electrons. The van der Waals surface area contributed by atoms with Gasteiger partial charge in [-0.15, -0.1) is 0 Å². The van der Waals surface area contributed by atoms with Crippen LogP contribution in [0, 0.1) is 11.3 Å². The van der Waals surface area contributed by atoms with Crippen LogP contribution >= 0.6 is 0 Å². The molecule has 36 heavy (non-hydrogen) atoms. The summed E-state index contributed by atoms with van der Waals surface area (Å²) in [6.45, 7) is 2.85. The van der Waals surface area contributed by atoms with Crippen LogP contribution in [0.15, 0.2) is 48.8 Å². The number of aromatic nitrogens is 1. The maximum atomic E-state index is 13.6. The molecule has 1 spiro atoms. The Morgan fingerprint density at radius 1 is 1.08 bits per heavy atom. The molecular weight excluding hydrogens is 456 g/mol. The number of nitrogens with zero attached hydrogens (tertiary/aromatic N) is 4. The van der Waals surface area contributed by atoms with E-state index in [0.29, 0.717) is 32.6 Å². The van der Waals surface area contributed by atoms with E-state index < -0.39 is 0 Å². The molecule has 0 saturated carbocycles. The first-order valence-corrected chi connectivity index (χ1v) is 12.7. The van der Waals surface area contributed by atoms with E-state index in [-0.39, 0.29) is 41.5 Å². The molecule has 1 aromatic heterocycles. The minimum absolute atomic E-state index is 0.000954. The number of likely N-dealkylation sites (tertiary alicyclic amines) is 3. The van der Waals surface area contributed by atoms with Gasteiger partial charge in [-0.1, -0.05) is 18.2 Å². The average Bonchev–Trinajstić information content (AvgIpc) is 3.45. The Kier molecular flexibility index (Phi) is 6.69. The number of hydrogen-bond acceptors (Lipinski definition) is 5. The van der Waals surface area contributed by atoms with Crippen LogP contribution in [0.4, 0.5) is 0 Å². The van der Waals surface area contributed by atoms with Gasteiger partial charge in [-0.25, -0.2) is 0 Å². The largest absolute Gasteiger partial charge is 0.497 e. The van der Waals surface area contributed by atoms with E-state index in [2.05, 4.69) is 4.98 Å². The fraction of sp³-hybridized carbons (Fsp3) is 0.500. The van der Waals surface area contributed by atoms with Gasteiger partial charge < -0.3 is 19.4 Å². The molecule has 0 bridgehead atoms. The second-order valence-corrected chi connectivity index (χ2v) is 10.5. The third-order valence-electron chi connectivity index (χ3n) is 8.35. The maximum absolute atomic E-state index is 13.6. The molecule has 3 fully saturated rings. The molecule has 0 N–H and O–H groups in total. The summed E-state index contributed by atoms with van der Waals surface area (Å²) in [5, 5.41) is 0. The zero-order valence-electron chi connectivity index (χ0n) is 21.1. The molecule has 8 heteroatoms. The lowest BCUT2D eigenvalue weighted by molar-refractivity contribution is -0.137. The average molecular weight is 491 g/mol. The van der Waals surface area contributed by atoms with Crippen LogP contribution in [-0.2, 0) is 20.8 Å². The summed E-state index contributed by atoms with van der Waals surface area (Å²) < 4.78 is 5.27. The summed E-state index contributed by atoms with van der Waals surface area (Å²) in [5.74, 6) is 0.575. The van der Waals surface area contributed by atoms with Gasteiger partial charge in [-0.2, -0.15) is 0 Å². The summed E-state index contributed by atoms with van der Waals surface area (Å²) in [5.41, 5.74) is 1.92. The number of benzene rings is 1. The molecule has 5 rings (SSSR count). The SMILES string of the molecule is COc1cccc(CC(=O)N2CCC3(CC2)CCN(C(=O)C2CC(=O)N(C)C2c2cccnc2)C3)c1. The molecule has 3 saturated heterocycles. The van der Waals surface area contributed by atoms with Crippen molar-refractivity contribution < 1.29 is 19.1 Å². The number of methoxy groups -OCH3 is 1. The first kappa shape index (κ1) is 24.3. The van der Waals surface area contributed by atoms with Crippen LogP contribution in [0.3, 0.4) is 0 Å². The minimum Gasteiger partial charge on any atom is -0.497 e. The van der Waals surface area contributed by atoms with E-state index in [1.54, 1.807) is 31.5 Å². The van der Waals surface area contributed by atoms with Gasteiger partial charge in [0.1, 0.15) is 5.75 Å². The molecule has 8 nitrogen and oxygen atoms in total. The van der Waals surface area contributed by atoms with Crippen LogP contribution in [0.2, 0.25) is 0 Å². The third kappa shape index (κ3) is 4.68. The Balaban J connectivity index is 1.19. The first-order valence-electron chi connectivity index (χ1n) is 12.7. The zero-order chi connectivity index (χ0) is 25.3. The molecular formula is C28H34N4O4. The highest BCUT2D eigenvalue weighted by Gasteiger charge is 2.48. The number of hydrogen-bond donors (Lipinski definition) is 0. The van der Waals surface area contributed by atoms with Crippen LogP contribution in [0.25, 0.3) is 0 Å². The van der Waals surface area contributed by atoms with Gasteiger partial charge in [-0.05, 0) is 54.0 Å². The molecule has 0 aliphatic carbocycles. The summed E-state index contributed by atoms with van der Waals surface area (Å²) in [6, 6.07) is 11.2. The number of carbonyl (C=O) groups excluding carboxylic acids is 3. The molecule has 2 atom stereocenters. The predicted octanol–water partition coefficient (Wildman–Crippen LogP) is 2.69. The van der Waals surface area contributed by atoms with Crippen molar-refractivity contribution in [2.45, 2.75) is 38.1 Å². The van der Waals surface area contributed by atoms with Crippen molar-refractivity contribution >= 4 is 17.7 Å². The van der Waals surface area contributed by atoms with E-state index in [4.69, 9.17) is 4.74 Å². The molecule has 0 radical (unpaired) electrons. The van der Waals surface area contributed by atoms with E-state index in [9.17, 15) is 14.4 Å². The second kappa shape index (κ2) is 9.91. The lowest BCUT2D eigenvalue weighted by Gasteiger charge is -2.39. The molecule has 1 aromatic carbocycles. The topological polar surface area (TPSA) is 83.0 Å². The first-order chi connectivity index (χ1) is 17.4. The Labute approximate surface area is 212 Å². The van der Waals surface area contributed by atoms with Crippen molar-refractivity contribution in [3.05, 3.63) is 59.9 Å². The van der Waals surface area contributed by atoms with Crippen molar-refractivity contribution in [2.75, 3.05) is 40.3 Å². The highest BCUT2D eigenvalue weighted by Crippen LogP contribution is 2.43. The maximum Gasteiger partial charge on any atom is 0.228 e. The second-order valence-electron chi connectivity index (χ2n) is 10.5. The van der Waals surface area contributed by atoms with Gasteiger partial charge in [0.05, 0.1) is 25.5 Å². The Bertz CT molecular complexity index is 1130. The van der Waals surface area contributed by atoms with Gasteiger partial charge >= 0.3 is 0 Å². The summed E-state index contributed by atoms with van der Waals surface area (Å²) in [4.78, 5) is 48.9. The van der Waals surface area contributed by atoms with Crippen molar-refractivity contribution in [3.63, 3.8) is 0 Å². The van der Waals surface area contributed by atoms with Crippen LogP contribution in [0.1, 0.15) is 42.9 Å². The Morgan fingerprint density at radius 2 is 1.83 bits per heavy atom. The van der Waals surface area contributed by atoms with Crippen molar-refractivity contribution in [2.24, 2.45) is 11.3 Å². The standard InChI is InChI=1S/C28H34N4O4/c1-30-24(33)17-23(26(30)21-6-4-11-29-18-21)27(35)32-14-10-28(19-32)8-12-31(13-9-28)25(34)16-20-5-3-7-22(15-20)36-2/h3-7,11,15,18,23,26H,8-10,12-14,16-17,19H2,1-2H3. The number of piperidine rings is 1. The lowest BCUT2D eigenvalue weighted by atomic mass is 9.77. The van der Waals surface area contributed by atoms with Gasteiger partial charge in [0.2, 0.25) is 17.7 Å². The number of carbonyl (C=O) groups is 3. The predicted molar refractivity (Wildman–Crippen MR) is 134 cm³/mol. The highest BCUT2D eigenvalue weighted by molar-refractivity contribution is 5.90. The van der Waals surface area contributed by atoms with E-state index in [0.717, 1.165) is 36.1 Å². The number of ether oxygens (including phenoxy) is 1. The van der Waals surface area contributed by atoms with Gasteiger partial charge in [-0.3, -0.25) is 19.4 Å². The number of pyridine rings is 1. The van der Waals surface area contributed by atoms with Gasteiger partial charge in [0.15, 0.2) is 0 Å². The van der Waals surface area contributed by atoms with Crippen LogP contribution < -0.4 is 4.74 Å². The molecule has 2 aromatic rings. The zero-order valence-corrected chi connectivity index (χ0v) is 21.1. The highest BCUT2D eigenvalue weighted by atomic mass is 16.5. The summed E-state index contributed by atoms with van der Waals surface area (Å²) >= 11 is 0. The molecule has 3 aliphatic rings. The lowest BCUT2D eigenvalue weighted by Crippen LogP contribution is -2.45. The van der Waals surface area contributed by atoms with Gasteiger partial charge in [0, 0.05) is 52.0 Å². The number of amides is 3. The van der Waals surface area contributed by atoms with Crippen molar-refractivity contribution in [1.29, 1.82) is 0 Å². The Morgan fingerprint density at radius 3 is 2.53 bits per heavy atom. The van der Waals surface area contributed by atoms with Crippen molar-refractivity contribution in [1.82, 2.24) is 19.7 Å². The van der Waals surface area contributed by atoms with E-state index in [1.165, 1.54) is 0 Å². The molecule has 3 amide bonds. The van der Waals surface area contributed by atoms with Crippen LogP contribution in [-0.4, -0.2) is 77.7 Å². The van der Waals surface area contributed by atoms with Crippen molar-refractivity contribution in [3.8, 4) is 5.75 Å². The molecule has 3 aliphatic heterocycles. The normalized spacial score (nSPS) is 23.4. The monoisotopic (exact) mass is 490 g/mol. The van der Waals surface area contributed by atoms with E-state index in [1.807, 2.05) is 46.2 Å². The van der Waals surface area contributed by atoms with Crippen LogP contribution in [0.5, 0.6) is 5.75 Å². The minimum atomic E-state index is -0.383. The summed E-state index contributed by atoms with van der Waals surface area (Å²) in [6.07, 6.45) is 6.81. The molecule has 4 heterocycles. The molecule has 2 unspecified atom stereocenters. The third-order valence-corrected chi connectivity index (χ3v) is 8.35. The fourth-order valence-electron chi connectivity index (χ4n) is 6.16. The Hall–Kier alpha value is -3.42. The number of rotatable bonds is 5. The smallest absolute Gasteiger partial charge is 0.228 e. The van der Waals surface area contributed by atoms with E-state index >= 15 is 0 Å². The fourth-order valence-corrected chi connectivity index (χ4v) is 6.16. The van der Waals surface area contributed by atoms with Gasteiger partial charge in [0.25, 0.3) is 0 Å². The quantitative estimate of drug-likeness (QED) is 0.644. The summed E-state index contributed by atoms with van der Waals surface area (Å²) in [7, 11) is 3.40.